The van der Waals surface area contributed by atoms with Crippen molar-refractivity contribution in [2.75, 3.05) is 13.7 Å². The van der Waals surface area contributed by atoms with Crippen molar-refractivity contribution in [2.24, 2.45) is 0 Å². The highest BCUT2D eigenvalue weighted by Gasteiger charge is 2.23. The molecule has 0 fully saturated rings. The van der Waals surface area contributed by atoms with Gasteiger partial charge in [-0.05, 0) is 29.8 Å². The lowest BCUT2D eigenvalue weighted by molar-refractivity contribution is -0.139. The Labute approximate surface area is 200 Å². The van der Waals surface area contributed by atoms with E-state index in [1.165, 1.54) is 6.33 Å². The largest absolute Gasteiger partial charge is 0.497 e. The van der Waals surface area contributed by atoms with E-state index in [0.29, 0.717) is 34.2 Å². The maximum atomic E-state index is 10.8. The zero-order valence-corrected chi connectivity index (χ0v) is 18.7. The number of aromatic nitrogens is 2. The molecule has 0 atom stereocenters. The van der Waals surface area contributed by atoms with Crippen LogP contribution in [0.2, 0.25) is 0 Å². The van der Waals surface area contributed by atoms with Gasteiger partial charge in [0.05, 0.1) is 7.11 Å². The zero-order chi connectivity index (χ0) is 24.2. The first-order chi connectivity index (χ1) is 17.1. The first kappa shape index (κ1) is 22.0. The number of nitrogens with zero attached hydrogens (tertiary/aromatic N) is 2. The molecule has 0 bridgehead atoms. The summed E-state index contributed by atoms with van der Waals surface area (Å²) in [4.78, 5) is 19.6. The number of furan rings is 1. The predicted molar refractivity (Wildman–Crippen MR) is 129 cm³/mol. The molecule has 0 spiro atoms. The van der Waals surface area contributed by atoms with E-state index >= 15 is 0 Å². The van der Waals surface area contributed by atoms with Crippen molar-refractivity contribution in [2.45, 2.75) is 0 Å². The highest BCUT2D eigenvalue weighted by Crippen LogP contribution is 2.44. The van der Waals surface area contributed by atoms with Gasteiger partial charge in [-0.1, -0.05) is 48.5 Å². The first-order valence-corrected chi connectivity index (χ1v) is 10.7. The van der Waals surface area contributed by atoms with Crippen LogP contribution in [0.1, 0.15) is 0 Å². The zero-order valence-electron chi connectivity index (χ0n) is 18.7. The molecule has 0 aliphatic rings. The molecule has 5 aromatic rings. The van der Waals surface area contributed by atoms with Crippen LogP contribution < -0.4 is 14.2 Å². The number of rotatable bonds is 8. The fraction of sp³-hybridized carbons (Fsp3) is 0.0741. The lowest BCUT2D eigenvalue weighted by Crippen LogP contribution is -2.09. The Bertz CT molecular complexity index is 1480. The van der Waals surface area contributed by atoms with Gasteiger partial charge in [-0.3, -0.25) is 0 Å². The first-order valence-electron chi connectivity index (χ1n) is 10.7. The molecule has 1 N–H and O–H groups in total. The highest BCUT2D eigenvalue weighted by atomic mass is 16.5. The number of carboxylic acid groups (broad SMARTS) is 1. The molecule has 2 heterocycles. The topological polar surface area (TPSA) is 104 Å². The number of ether oxygens (including phenoxy) is 3. The molecule has 0 aliphatic heterocycles. The lowest BCUT2D eigenvalue weighted by Gasteiger charge is -2.10. The Morgan fingerprint density at radius 2 is 1.66 bits per heavy atom. The average Bonchev–Trinajstić information content (AvgIpc) is 3.29. The Balaban J connectivity index is 1.64. The van der Waals surface area contributed by atoms with Crippen molar-refractivity contribution in [3.8, 4) is 45.6 Å². The van der Waals surface area contributed by atoms with E-state index < -0.39 is 12.6 Å². The monoisotopic (exact) mass is 468 g/mol. The average molecular weight is 468 g/mol. The molecule has 8 heteroatoms. The third-order valence-electron chi connectivity index (χ3n) is 5.25. The van der Waals surface area contributed by atoms with E-state index in [2.05, 4.69) is 9.97 Å². The maximum absolute atomic E-state index is 10.8. The van der Waals surface area contributed by atoms with Gasteiger partial charge < -0.3 is 23.7 Å². The number of hydrogen-bond donors (Lipinski definition) is 1. The quantitative estimate of drug-likeness (QED) is 0.304. The number of hydrogen-bond acceptors (Lipinski definition) is 7. The minimum atomic E-state index is -1.06. The van der Waals surface area contributed by atoms with Gasteiger partial charge >= 0.3 is 5.97 Å². The summed E-state index contributed by atoms with van der Waals surface area (Å²) in [5, 5.41) is 9.48. The van der Waals surface area contributed by atoms with Crippen LogP contribution >= 0.6 is 0 Å². The van der Waals surface area contributed by atoms with Crippen molar-refractivity contribution in [1.82, 2.24) is 9.97 Å². The fourth-order valence-corrected chi connectivity index (χ4v) is 3.69. The summed E-state index contributed by atoms with van der Waals surface area (Å²) in [6.45, 7) is -0.453. The van der Waals surface area contributed by atoms with Crippen LogP contribution in [-0.2, 0) is 4.79 Å². The van der Waals surface area contributed by atoms with E-state index in [1.54, 1.807) is 31.4 Å². The van der Waals surface area contributed by atoms with Crippen molar-refractivity contribution in [3.63, 3.8) is 0 Å². The molecule has 0 aliphatic carbocycles. The molecule has 8 nitrogen and oxygen atoms in total. The molecule has 0 saturated heterocycles. The summed E-state index contributed by atoms with van der Waals surface area (Å²) in [7, 11) is 1.62. The Kier molecular flexibility index (Phi) is 6.00. The molecule has 0 saturated carbocycles. The number of carboxylic acids is 1. The van der Waals surface area contributed by atoms with Gasteiger partial charge in [0.15, 0.2) is 6.61 Å². The molecule has 3 aromatic carbocycles. The molecule has 2 aromatic heterocycles. The van der Waals surface area contributed by atoms with Crippen molar-refractivity contribution in [1.29, 1.82) is 0 Å². The fourth-order valence-electron chi connectivity index (χ4n) is 3.69. The van der Waals surface area contributed by atoms with Gasteiger partial charge in [-0.25, -0.2) is 14.8 Å². The minimum Gasteiger partial charge on any atom is -0.497 e. The van der Waals surface area contributed by atoms with Crippen LogP contribution in [0.4, 0.5) is 0 Å². The molecule has 0 unspecified atom stereocenters. The van der Waals surface area contributed by atoms with Gasteiger partial charge in [0.25, 0.3) is 0 Å². The number of aliphatic carboxylic acids is 1. The molecular weight excluding hydrogens is 448 g/mol. The smallest absolute Gasteiger partial charge is 0.341 e. The normalized spacial score (nSPS) is 10.8. The molecule has 0 amide bonds. The van der Waals surface area contributed by atoms with Crippen LogP contribution in [0.3, 0.4) is 0 Å². The van der Waals surface area contributed by atoms with E-state index in [9.17, 15) is 4.79 Å². The Morgan fingerprint density at radius 3 is 2.40 bits per heavy atom. The number of carbonyl (C=O) groups is 1. The van der Waals surface area contributed by atoms with Crippen LogP contribution in [0.5, 0.6) is 23.1 Å². The summed E-state index contributed by atoms with van der Waals surface area (Å²) in [6.07, 6.45) is 1.37. The van der Waals surface area contributed by atoms with Crippen LogP contribution in [0, 0.1) is 0 Å². The van der Waals surface area contributed by atoms with E-state index in [-0.39, 0.29) is 0 Å². The van der Waals surface area contributed by atoms with Crippen LogP contribution in [0.15, 0.2) is 89.6 Å². The lowest BCUT2D eigenvalue weighted by atomic mass is 9.99. The number of benzene rings is 3. The SMILES string of the molecule is COc1ccc(-c2c(-c3ccccc3)oc3ncnc(Oc4cccc(OCC(=O)O)c4)c23)cc1. The Morgan fingerprint density at radius 1 is 0.886 bits per heavy atom. The summed E-state index contributed by atoms with van der Waals surface area (Å²) in [6, 6.07) is 24.0. The molecule has 35 heavy (non-hydrogen) atoms. The summed E-state index contributed by atoms with van der Waals surface area (Å²) in [5.74, 6) is 1.38. The van der Waals surface area contributed by atoms with Crippen LogP contribution in [-0.4, -0.2) is 34.8 Å². The summed E-state index contributed by atoms with van der Waals surface area (Å²) >= 11 is 0. The standard InChI is InChI=1S/C27H20N2O6/c1-32-19-12-10-17(11-13-19)23-24-26(34-21-9-5-8-20(14-21)33-15-22(30)31)28-16-29-27(24)35-25(23)18-6-3-2-4-7-18/h2-14,16H,15H2,1H3,(H,30,31). The second-order valence-corrected chi connectivity index (χ2v) is 7.52. The van der Waals surface area contributed by atoms with Gasteiger partial charge in [-0.15, -0.1) is 0 Å². The van der Waals surface area contributed by atoms with Crippen molar-refractivity contribution < 1.29 is 28.5 Å². The summed E-state index contributed by atoms with van der Waals surface area (Å²) in [5.41, 5.74) is 2.91. The van der Waals surface area contributed by atoms with Gasteiger partial charge in [-0.2, -0.15) is 0 Å². The second kappa shape index (κ2) is 9.56. The van der Waals surface area contributed by atoms with E-state index in [1.807, 2.05) is 54.6 Å². The molecule has 0 radical (unpaired) electrons. The molecule has 174 valence electrons. The molecular formula is C27H20N2O6. The third-order valence-corrected chi connectivity index (χ3v) is 5.25. The second-order valence-electron chi connectivity index (χ2n) is 7.52. The van der Waals surface area contributed by atoms with Crippen molar-refractivity contribution >= 4 is 17.1 Å². The van der Waals surface area contributed by atoms with Gasteiger partial charge in [0.2, 0.25) is 11.6 Å². The number of methoxy groups -OCH3 is 1. The number of fused-ring (bicyclic) bond motifs is 1. The van der Waals surface area contributed by atoms with E-state index in [0.717, 1.165) is 22.4 Å². The van der Waals surface area contributed by atoms with Crippen molar-refractivity contribution in [3.05, 3.63) is 85.2 Å². The predicted octanol–water partition coefficient (Wildman–Crippen LogP) is 5.82. The van der Waals surface area contributed by atoms with Crippen LogP contribution in [0.25, 0.3) is 33.6 Å². The highest BCUT2D eigenvalue weighted by molar-refractivity contribution is 6.03. The third kappa shape index (κ3) is 4.63. The Hall–Kier alpha value is -4.85. The summed E-state index contributed by atoms with van der Waals surface area (Å²) < 4.78 is 22.9. The van der Waals surface area contributed by atoms with E-state index in [4.69, 9.17) is 23.7 Å². The minimum absolute atomic E-state index is 0.294. The van der Waals surface area contributed by atoms with Gasteiger partial charge in [0, 0.05) is 17.2 Å². The maximum Gasteiger partial charge on any atom is 0.341 e. The van der Waals surface area contributed by atoms with Gasteiger partial charge in [0.1, 0.15) is 34.7 Å². The molecule has 5 rings (SSSR count).